The molecule has 0 saturated carbocycles. The summed E-state index contributed by atoms with van der Waals surface area (Å²) < 4.78 is 15.4. The molecule has 1 aromatic heterocycles. The molecule has 6 nitrogen and oxygen atoms in total. The lowest BCUT2D eigenvalue weighted by molar-refractivity contribution is 0.0902. The van der Waals surface area contributed by atoms with Crippen molar-refractivity contribution in [1.29, 1.82) is 0 Å². The zero-order valence-corrected chi connectivity index (χ0v) is 12.5. The molecule has 1 atom stereocenters. The molecule has 0 aliphatic rings. The van der Waals surface area contributed by atoms with Gasteiger partial charge in [0.05, 0.1) is 26.0 Å². The Morgan fingerprint density at radius 3 is 2.52 bits per heavy atom. The monoisotopic (exact) mass is 290 g/mol. The van der Waals surface area contributed by atoms with Crippen molar-refractivity contribution in [3.8, 4) is 11.5 Å². The molecule has 1 heterocycles. The fraction of sp³-hybridized carbons (Fsp3) is 0.333. The molecule has 0 saturated heterocycles. The van der Waals surface area contributed by atoms with E-state index in [-0.39, 0.29) is 17.7 Å². The van der Waals surface area contributed by atoms with Crippen LogP contribution in [0.2, 0.25) is 0 Å². The maximum absolute atomic E-state index is 12.0. The van der Waals surface area contributed by atoms with Gasteiger partial charge < -0.3 is 19.3 Å². The van der Waals surface area contributed by atoms with Crippen molar-refractivity contribution in [1.82, 2.24) is 10.5 Å². The van der Waals surface area contributed by atoms with E-state index in [1.807, 2.05) is 19.1 Å². The Hall–Kier alpha value is -2.50. The van der Waals surface area contributed by atoms with Gasteiger partial charge in [0, 0.05) is 6.07 Å². The topological polar surface area (TPSA) is 73.6 Å². The Balaban J connectivity index is 2.13. The van der Waals surface area contributed by atoms with Crippen molar-refractivity contribution < 1.29 is 18.8 Å². The molecule has 0 bridgehead atoms. The summed E-state index contributed by atoms with van der Waals surface area (Å²) in [6.45, 7) is 3.64. The molecular formula is C15H18N2O4. The van der Waals surface area contributed by atoms with Crippen LogP contribution in [0.1, 0.15) is 34.8 Å². The Morgan fingerprint density at radius 2 is 1.95 bits per heavy atom. The van der Waals surface area contributed by atoms with E-state index in [1.54, 1.807) is 33.3 Å². The van der Waals surface area contributed by atoms with Gasteiger partial charge in [0.1, 0.15) is 0 Å². The highest BCUT2D eigenvalue weighted by Gasteiger charge is 2.16. The second kappa shape index (κ2) is 6.30. The van der Waals surface area contributed by atoms with Crippen LogP contribution >= 0.6 is 0 Å². The van der Waals surface area contributed by atoms with Crippen LogP contribution in [-0.2, 0) is 0 Å². The molecule has 0 unspecified atom stereocenters. The van der Waals surface area contributed by atoms with Crippen molar-refractivity contribution >= 4 is 5.91 Å². The molecule has 21 heavy (non-hydrogen) atoms. The molecule has 112 valence electrons. The normalized spacial score (nSPS) is 11.8. The van der Waals surface area contributed by atoms with E-state index in [0.29, 0.717) is 17.2 Å². The number of aryl methyl sites for hydroxylation is 1. The van der Waals surface area contributed by atoms with Crippen molar-refractivity contribution in [3.63, 3.8) is 0 Å². The van der Waals surface area contributed by atoms with Gasteiger partial charge in [-0.1, -0.05) is 11.2 Å². The Kier molecular flexibility index (Phi) is 4.47. The predicted octanol–water partition coefficient (Wildman–Crippen LogP) is 2.49. The highest BCUT2D eigenvalue weighted by atomic mass is 16.5. The summed E-state index contributed by atoms with van der Waals surface area (Å²) in [4.78, 5) is 12.0. The molecular weight excluding hydrogens is 272 g/mol. The number of amides is 1. The van der Waals surface area contributed by atoms with Crippen LogP contribution < -0.4 is 14.8 Å². The Morgan fingerprint density at radius 1 is 1.24 bits per heavy atom. The average molecular weight is 290 g/mol. The zero-order chi connectivity index (χ0) is 15.4. The maximum Gasteiger partial charge on any atom is 0.290 e. The van der Waals surface area contributed by atoms with Gasteiger partial charge in [-0.2, -0.15) is 0 Å². The first-order chi connectivity index (χ1) is 10.0. The Labute approximate surface area is 123 Å². The van der Waals surface area contributed by atoms with E-state index in [9.17, 15) is 4.79 Å². The first-order valence-corrected chi connectivity index (χ1v) is 6.51. The van der Waals surface area contributed by atoms with Crippen molar-refractivity contribution in [2.45, 2.75) is 19.9 Å². The van der Waals surface area contributed by atoms with Crippen LogP contribution in [-0.4, -0.2) is 25.3 Å². The predicted molar refractivity (Wildman–Crippen MR) is 76.7 cm³/mol. The van der Waals surface area contributed by atoms with Crippen LogP contribution in [0.5, 0.6) is 11.5 Å². The number of methoxy groups -OCH3 is 2. The van der Waals surface area contributed by atoms with E-state index in [0.717, 1.165) is 5.56 Å². The number of carbonyl (C=O) groups is 1. The van der Waals surface area contributed by atoms with Gasteiger partial charge >= 0.3 is 0 Å². The summed E-state index contributed by atoms with van der Waals surface area (Å²) >= 11 is 0. The SMILES string of the molecule is COc1ccc([C@H](C)NC(=O)c2cc(C)no2)cc1OC. The van der Waals surface area contributed by atoms with E-state index in [1.165, 1.54) is 0 Å². The van der Waals surface area contributed by atoms with Gasteiger partial charge in [-0.15, -0.1) is 0 Å². The number of hydrogen-bond donors (Lipinski definition) is 1. The van der Waals surface area contributed by atoms with Crippen LogP contribution in [0.3, 0.4) is 0 Å². The fourth-order valence-corrected chi connectivity index (χ4v) is 1.94. The Bertz CT molecular complexity index is 636. The van der Waals surface area contributed by atoms with E-state index in [2.05, 4.69) is 10.5 Å². The summed E-state index contributed by atoms with van der Waals surface area (Å²) in [5.74, 6) is 1.15. The number of aromatic nitrogens is 1. The number of hydrogen-bond acceptors (Lipinski definition) is 5. The minimum Gasteiger partial charge on any atom is -0.493 e. The number of benzene rings is 1. The van der Waals surface area contributed by atoms with Crippen LogP contribution in [0.4, 0.5) is 0 Å². The molecule has 0 spiro atoms. The van der Waals surface area contributed by atoms with E-state index < -0.39 is 0 Å². The molecule has 1 aromatic carbocycles. The third-order valence-corrected chi connectivity index (χ3v) is 3.11. The fourth-order valence-electron chi connectivity index (χ4n) is 1.94. The summed E-state index contributed by atoms with van der Waals surface area (Å²) in [6, 6.07) is 6.89. The molecule has 1 N–H and O–H groups in total. The third-order valence-electron chi connectivity index (χ3n) is 3.11. The number of rotatable bonds is 5. The highest BCUT2D eigenvalue weighted by Crippen LogP contribution is 2.29. The minimum absolute atomic E-state index is 0.194. The van der Waals surface area contributed by atoms with Crippen LogP contribution in [0, 0.1) is 6.92 Å². The molecule has 0 aliphatic carbocycles. The molecule has 0 aliphatic heterocycles. The molecule has 2 rings (SSSR count). The van der Waals surface area contributed by atoms with Gasteiger partial charge in [0.15, 0.2) is 11.5 Å². The minimum atomic E-state index is -0.308. The van der Waals surface area contributed by atoms with Gasteiger partial charge in [-0.3, -0.25) is 4.79 Å². The largest absolute Gasteiger partial charge is 0.493 e. The second-order valence-corrected chi connectivity index (χ2v) is 4.64. The van der Waals surface area contributed by atoms with Gasteiger partial charge in [0.2, 0.25) is 5.76 Å². The van der Waals surface area contributed by atoms with Gasteiger partial charge in [-0.25, -0.2) is 0 Å². The molecule has 0 radical (unpaired) electrons. The first-order valence-electron chi connectivity index (χ1n) is 6.51. The lowest BCUT2D eigenvalue weighted by Gasteiger charge is -2.15. The van der Waals surface area contributed by atoms with Crippen LogP contribution in [0.15, 0.2) is 28.8 Å². The van der Waals surface area contributed by atoms with Crippen LogP contribution in [0.25, 0.3) is 0 Å². The van der Waals surface area contributed by atoms with Crippen molar-refractivity contribution in [3.05, 3.63) is 41.3 Å². The van der Waals surface area contributed by atoms with E-state index in [4.69, 9.17) is 14.0 Å². The number of carbonyl (C=O) groups excluding carboxylic acids is 1. The second-order valence-electron chi connectivity index (χ2n) is 4.64. The lowest BCUT2D eigenvalue weighted by atomic mass is 10.1. The zero-order valence-electron chi connectivity index (χ0n) is 12.5. The summed E-state index contributed by atoms with van der Waals surface area (Å²) in [5, 5.41) is 6.54. The van der Waals surface area contributed by atoms with Crippen molar-refractivity contribution in [2.75, 3.05) is 14.2 Å². The van der Waals surface area contributed by atoms with Crippen molar-refractivity contribution in [2.24, 2.45) is 0 Å². The quantitative estimate of drug-likeness (QED) is 0.915. The molecule has 2 aromatic rings. The smallest absolute Gasteiger partial charge is 0.290 e. The number of nitrogens with zero attached hydrogens (tertiary/aromatic N) is 1. The number of nitrogens with one attached hydrogen (secondary N) is 1. The van der Waals surface area contributed by atoms with E-state index >= 15 is 0 Å². The lowest BCUT2D eigenvalue weighted by Crippen LogP contribution is -2.26. The molecule has 0 fully saturated rings. The summed E-state index contributed by atoms with van der Waals surface area (Å²) in [5.41, 5.74) is 1.57. The summed E-state index contributed by atoms with van der Waals surface area (Å²) in [6.07, 6.45) is 0. The maximum atomic E-state index is 12.0. The van der Waals surface area contributed by atoms with Gasteiger partial charge in [0.25, 0.3) is 5.91 Å². The van der Waals surface area contributed by atoms with Gasteiger partial charge in [-0.05, 0) is 31.5 Å². The standard InChI is InChI=1S/C15H18N2O4/c1-9-7-14(21-17-9)15(18)16-10(2)11-5-6-12(19-3)13(8-11)20-4/h5-8,10H,1-4H3,(H,16,18)/t10-/m0/s1. The third kappa shape index (κ3) is 3.34. The first kappa shape index (κ1) is 14.9. The molecule has 6 heteroatoms. The number of ether oxygens (including phenoxy) is 2. The average Bonchev–Trinajstić information content (AvgIpc) is 2.93. The summed E-state index contributed by atoms with van der Waals surface area (Å²) in [7, 11) is 3.15. The molecule has 1 amide bonds. The highest BCUT2D eigenvalue weighted by molar-refractivity contribution is 5.91.